The van der Waals surface area contributed by atoms with Gasteiger partial charge in [-0.15, -0.1) is 11.8 Å². The Hall–Kier alpha value is -2.75. The van der Waals surface area contributed by atoms with Crippen molar-refractivity contribution in [2.24, 2.45) is 0 Å². The standard InChI is InChI=1S/C21H27N3O6S/c1-20(2,3)30-19(29)22-12-9-7-6-8-11(12)10-13(25)23-14-16(26)24-15(18(27)28)21(4,5)31-17(14)24/h6-9,14-15,17H,10H2,1-5H3,(H,22,29)(H,23,25)(H,27,28)/t14?,15-,17+/m0/s1. The second-order valence-electron chi connectivity index (χ2n) is 9.10. The lowest BCUT2D eigenvalue weighted by Crippen LogP contribution is -2.70. The molecule has 0 aliphatic carbocycles. The maximum absolute atomic E-state index is 12.6. The lowest BCUT2D eigenvalue weighted by atomic mass is 9.96. The molecule has 10 heteroatoms. The van der Waals surface area contributed by atoms with Crippen LogP contribution in [0.1, 0.15) is 40.2 Å². The number of para-hydroxylation sites is 1. The van der Waals surface area contributed by atoms with Crippen molar-refractivity contribution in [3.05, 3.63) is 29.8 Å². The van der Waals surface area contributed by atoms with E-state index in [2.05, 4.69) is 10.6 Å². The largest absolute Gasteiger partial charge is 0.480 e. The Balaban J connectivity index is 1.65. The van der Waals surface area contributed by atoms with Crippen LogP contribution in [0.4, 0.5) is 10.5 Å². The molecule has 2 aliphatic rings. The molecule has 0 bridgehead atoms. The zero-order valence-electron chi connectivity index (χ0n) is 18.1. The first kappa shape index (κ1) is 22.9. The van der Waals surface area contributed by atoms with Crippen LogP contribution in [0, 0.1) is 0 Å². The number of nitrogens with zero attached hydrogens (tertiary/aromatic N) is 1. The number of carbonyl (C=O) groups is 4. The van der Waals surface area contributed by atoms with Gasteiger partial charge in [0.05, 0.1) is 6.42 Å². The second-order valence-corrected chi connectivity index (χ2v) is 10.9. The lowest BCUT2D eigenvalue weighted by molar-refractivity contribution is -0.161. The van der Waals surface area contributed by atoms with Gasteiger partial charge >= 0.3 is 12.1 Å². The zero-order chi connectivity index (χ0) is 23.1. The molecular formula is C21H27N3O6S. The van der Waals surface area contributed by atoms with E-state index in [1.807, 2.05) is 0 Å². The van der Waals surface area contributed by atoms with E-state index in [4.69, 9.17) is 4.74 Å². The number of benzene rings is 1. The monoisotopic (exact) mass is 449 g/mol. The average molecular weight is 450 g/mol. The number of carboxylic acids is 1. The van der Waals surface area contributed by atoms with Crippen molar-refractivity contribution in [3.8, 4) is 0 Å². The summed E-state index contributed by atoms with van der Waals surface area (Å²) in [5, 5.41) is 14.4. The number of anilines is 1. The van der Waals surface area contributed by atoms with E-state index >= 15 is 0 Å². The van der Waals surface area contributed by atoms with Crippen LogP contribution in [0.5, 0.6) is 0 Å². The number of rotatable bonds is 5. The highest BCUT2D eigenvalue weighted by atomic mass is 32.2. The summed E-state index contributed by atoms with van der Waals surface area (Å²) in [5.41, 5.74) is 0.348. The minimum atomic E-state index is -1.06. The summed E-state index contributed by atoms with van der Waals surface area (Å²) in [4.78, 5) is 50.2. The molecule has 3 N–H and O–H groups in total. The fraction of sp³-hybridized carbons (Fsp3) is 0.524. The molecule has 2 fully saturated rings. The summed E-state index contributed by atoms with van der Waals surface area (Å²) in [6.07, 6.45) is -0.687. The summed E-state index contributed by atoms with van der Waals surface area (Å²) >= 11 is 1.37. The molecule has 2 aliphatic heterocycles. The normalized spacial score (nSPS) is 24.1. The van der Waals surface area contributed by atoms with E-state index in [0.29, 0.717) is 11.3 Å². The molecule has 1 aromatic rings. The van der Waals surface area contributed by atoms with Crippen LogP contribution in [0.3, 0.4) is 0 Å². The lowest BCUT2D eigenvalue weighted by Gasteiger charge is -2.43. The van der Waals surface area contributed by atoms with Crippen LogP contribution in [0.2, 0.25) is 0 Å². The number of ether oxygens (including phenoxy) is 1. The topological polar surface area (TPSA) is 125 Å². The van der Waals surface area contributed by atoms with Crippen molar-refractivity contribution < 1.29 is 29.0 Å². The van der Waals surface area contributed by atoms with Crippen molar-refractivity contribution in [2.75, 3.05) is 5.32 Å². The molecule has 0 aromatic heterocycles. The molecule has 31 heavy (non-hydrogen) atoms. The van der Waals surface area contributed by atoms with Crippen LogP contribution >= 0.6 is 11.8 Å². The molecule has 168 valence electrons. The van der Waals surface area contributed by atoms with E-state index in [0.717, 1.165) is 0 Å². The third kappa shape index (κ3) is 4.79. The van der Waals surface area contributed by atoms with Gasteiger partial charge in [0.25, 0.3) is 0 Å². The highest BCUT2D eigenvalue weighted by Gasteiger charge is 2.64. The van der Waals surface area contributed by atoms with Gasteiger partial charge in [-0.2, -0.15) is 0 Å². The van der Waals surface area contributed by atoms with Crippen LogP contribution in [-0.4, -0.2) is 61.7 Å². The Morgan fingerprint density at radius 3 is 2.48 bits per heavy atom. The number of carboxylic acid groups (broad SMARTS) is 1. The predicted molar refractivity (Wildman–Crippen MR) is 116 cm³/mol. The zero-order valence-corrected chi connectivity index (χ0v) is 18.9. The smallest absolute Gasteiger partial charge is 0.412 e. The molecular weight excluding hydrogens is 422 g/mol. The van der Waals surface area contributed by atoms with E-state index in [9.17, 15) is 24.3 Å². The molecule has 1 aromatic carbocycles. The number of thioether (sulfide) groups is 1. The van der Waals surface area contributed by atoms with Crippen molar-refractivity contribution in [3.63, 3.8) is 0 Å². The fourth-order valence-corrected chi connectivity index (χ4v) is 5.38. The van der Waals surface area contributed by atoms with Crippen LogP contribution < -0.4 is 10.6 Å². The van der Waals surface area contributed by atoms with E-state index < -0.39 is 51.7 Å². The van der Waals surface area contributed by atoms with Gasteiger partial charge in [0, 0.05) is 10.4 Å². The van der Waals surface area contributed by atoms with Crippen LogP contribution in [-0.2, 0) is 25.5 Å². The number of amides is 3. The Bertz CT molecular complexity index is 926. The van der Waals surface area contributed by atoms with E-state index in [-0.39, 0.29) is 6.42 Å². The first-order valence-corrected chi connectivity index (χ1v) is 10.8. The van der Waals surface area contributed by atoms with Crippen molar-refractivity contribution in [1.82, 2.24) is 10.2 Å². The van der Waals surface area contributed by atoms with Gasteiger partial charge in [-0.25, -0.2) is 9.59 Å². The van der Waals surface area contributed by atoms with Gasteiger partial charge in [0.1, 0.15) is 23.1 Å². The highest BCUT2D eigenvalue weighted by molar-refractivity contribution is 8.01. The summed E-state index contributed by atoms with van der Waals surface area (Å²) in [6.45, 7) is 8.81. The predicted octanol–water partition coefficient (Wildman–Crippen LogP) is 2.21. The van der Waals surface area contributed by atoms with Gasteiger partial charge < -0.3 is 20.1 Å². The maximum Gasteiger partial charge on any atom is 0.412 e. The van der Waals surface area contributed by atoms with Gasteiger partial charge in [0.15, 0.2) is 0 Å². The first-order chi connectivity index (χ1) is 14.3. The minimum absolute atomic E-state index is 0.0567. The number of hydrogen-bond donors (Lipinski definition) is 3. The first-order valence-electron chi connectivity index (χ1n) is 9.90. The number of nitrogens with one attached hydrogen (secondary N) is 2. The number of fused-ring (bicyclic) bond motifs is 1. The molecule has 1 unspecified atom stereocenters. The molecule has 2 saturated heterocycles. The minimum Gasteiger partial charge on any atom is -0.480 e. The van der Waals surface area contributed by atoms with E-state index in [1.54, 1.807) is 58.9 Å². The van der Waals surface area contributed by atoms with Gasteiger partial charge in [-0.1, -0.05) is 18.2 Å². The Morgan fingerprint density at radius 2 is 1.87 bits per heavy atom. The number of aliphatic carboxylic acids is 1. The van der Waals surface area contributed by atoms with Crippen LogP contribution in [0.15, 0.2) is 24.3 Å². The Kier molecular flexibility index (Phi) is 5.96. The van der Waals surface area contributed by atoms with Crippen molar-refractivity contribution in [2.45, 2.75) is 68.8 Å². The molecule has 3 rings (SSSR count). The summed E-state index contributed by atoms with van der Waals surface area (Å²) < 4.78 is 4.59. The van der Waals surface area contributed by atoms with E-state index in [1.165, 1.54) is 16.7 Å². The van der Waals surface area contributed by atoms with Gasteiger partial charge in [0.2, 0.25) is 11.8 Å². The summed E-state index contributed by atoms with van der Waals surface area (Å²) in [6, 6.07) is 5.13. The molecule has 9 nitrogen and oxygen atoms in total. The Labute approximate surface area is 184 Å². The fourth-order valence-electron chi connectivity index (χ4n) is 3.75. The number of carbonyl (C=O) groups excluding carboxylic acids is 3. The third-order valence-corrected chi connectivity index (χ3v) is 6.57. The molecule has 3 atom stereocenters. The Morgan fingerprint density at radius 1 is 1.23 bits per heavy atom. The number of β-lactam (4-membered cyclic amide) rings is 1. The van der Waals surface area contributed by atoms with Gasteiger partial charge in [-0.05, 0) is 46.2 Å². The number of hydrogen-bond acceptors (Lipinski definition) is 6. The van der Waals surface area contributed by atoms with Crippen molar-refractivity contribution in [1.29, 1.82) is 0 Å². The summed E-state index contributed by atoms with van der Waals surface area (Å²) in [7, 11) is 0. The third-order valence-electron chi connectivity index (χ3n) is 5.00. The van der Waals surface area contributed by atoms with Crippen LogP contribution in [0.25, 0.3) is 0 Å². The van der Waals surface area contributed by atoms with Gasteiger partial charge in [-0.3, -0.25) is 14.9 Å². The highest BCUT2D eigenvalue weighted by Crippen LogP contribution is 2.50. The molecule has 0 spiro atoms. The molecule has 3 amide bonds. The maximum atomic E-state index is 12.6. The second kappa shape index (κ2) is 8.07. The quantitative estimate of drug-likeness (QED) is 0.589. The summed E-state index contributed by atoms with van der Waals surface area (Å²) in [5.74, 6) is -1.85. The van der Waals surface area contributed by atoms with Crippen molar-refractivity contribution >= 4 is 41.3 Å². The molecule has 0 radical (unpaired) electrons. The molecule has 2 heterocycles. The SMILES string of the molecule is CC(C)(C)OC(=O)Nc1ccccc1CC(=O)NC1C(=O)N2[C@@H]1SC(C)(C)[C@@H]2C(=O)O. The average Bonchev–Trinajstić information content (AvgIpc) is 2.88. The molecule has 0 saturated carbocycles.